The third-order valence-corrected chi connectivity index (χ3v) is 6.78. The third-order valence-electron chi connectivity index (χ3n) is 6.78. The van der Waals surface area contributed by atoms with E-state index in [1.54, 1.807) is 0 Å². The molecule has 2 fully saturated rings. The number of ether oxygens (including phenoxy) is 1. The molecular weight excluding hydrogens is 406 g/mol. The van der Waals surface area contributed by atoms with Gasteiger partial charge in [-0.25, -0.2) is 4.98 Å². The van der Waals surface area contributed by atoms with Crippen molar-refractivity contribution >= 4 is 11.7 Å². The Kier molecular flexibility index (Phi) is 5.78. The molecule has 2 heterocycles. The molecule has 8 heteroatoms. The van der Waals surface area contributed by atoms with Crippen LogP contribution in [-0.4, -0.2) is 37.6 Å². The topological polar surface area (TPSA) is 101 Å². The zero-order chi connectivity index (χ0) is 22.0. The highest BCUT2D eigenvalue weighted by Crippen LogP contribution is 2.33. The van der Waals surface area contributed by atoms with Gasteiger partial charge in [0.15, 0.2) is 5.82 Å². The lowest BCUT2D eigenvalue weighted by Crippen LogP contribution is -2.51. The quantitative estimate of drug-likeness (QED) is 0.593. The highest BCUT2D eigenvalue weighted by Gasteiger charge is 2.41. The molecule has 0 aliphatic heterocycles. The second-order valence-corrected chi connectivity index (χ2v) is 9.01. The van der Waals surface area contributed by atoms with Gasteiger partial charge in [0.25, 0.3) is 17.2 Å². The van der Waals surface area contributed by atoms with E-state index in [1.165, 1.54) is 29.8 Å². The Bertz CT molecular complexity index is 1140. The molecule has 32 heavy (non-hydrogen) atoms. The van der Waals surface area contributed by atoms with Crippen LogP contribution >= 0.6 is 0 Å². The highest BCUT2D eigenvalue weighted by molar-refractivity contribution is 5.85. The first-order chi connectivity index (χ1) is 15.6. The van der Waals surface area contributed by atoms with Crippen molar-refractivity contribution in [3.8, 4) is 11.4 Å². The van der Waals surface area contributed by atoms with E-state index in [-0.39, 0.29) is 18.1 Å². The molecule has 2 aliphatic rings. The lowest BCUT2D eigenvalue weighted by molar-refractivity contribution is -0.155. The standard InChI is InChI=1S/C24H29N5O3/c30-20-14-19(26-23-27-21(28-29(20)23)18-10-3-1-4-11-18)16-32-24(12-5-2-6-13-24)22(31)25-15-17-8-7-9-17/h1,3-4,10-11,14,17H,2,5-9,12-13,15-16H2,(H,25,31)(H,26,27,28). The summed E-state index contributed by atoms with van der Waals surface area (Å²) in [6, 6.07) is 11.0. The van der Waals surface area contributed by atoms with Crippen LogP contribution in [0, 0.1) is 5.92 Å². The lowest BCUT2D eigenvalue weighted by atomic mass is 9.82. The molecule has 0 spiro atoms. The zero-order valence-corrected chi connectivity index (χ0v) is 18.2. The molecule has 3 aromatic rings. The van der Waals surface area contributed by atoms with Crippen molar-refractivity contribution in [2.45, 2.75) is 63.6 Å². The number of nitrogens with one attached hydrogen (secondary N) is 2. The summed E-state index contributed by atoms with van der Waals surface area (Å²) in [5.74, 6) is 1.45. The number of rotatable bonds is 7. The average molecular weight is 436 g/mol. The fourth-order valence-corrected chi connectivity index (χ4v) is 4.59. The molecule has 2 aromatic heterocycles. The maximum Gasteiger partial charge on any atom is 0.274 e. The minimum absolute atomic E-state index is 0.0203. The fourth-order valence-electron chi connectivity index (χ4n) is 4.59. The van der Waals surface area contributed by atoms with Crippen molar-refractivity contribution in [2.24, 2.45) is 5.92 Å². The minimum atomic E-state index is -0.838. The molecule has 0 radical (unpaired) electrons. The molecule has 5 rings (SSSR count). The summed E-state index contributed by atoms with van der Waals surface area (Å²) in [5.41, 5.74) is 0.267. The van der Waals surface area contributed by atoms with E-state index in [0.29, 0.717) is 36.1 Å². The van der Waals surface area contributed by atoms with E-state index in [4.69, 9.17) is 4.74 Å². The molecule has 2 N–H and O–H groups in total. The van der Waals surface area contributed by atoms with Gasteiger partial charge in [-0.1, -0.05) is 56.0 Å². The van der Waals surface area contributed by atoms with Crippen LogP contribution < -0.4 is 10.9 Å². The SMILES string of the molecule is O=C(NCC1CCC1)C1(OCc2cc(=O)n3[nH]c(-c4ccccc4)nc3n2)CCCCC1. The molecule has 2 saturated carbocycles. The van der Waals surface area contributed by atoms with Crippen molar-refractivity contribution < 1.29 is 9.53 Å². The number of carbonyl (C=O) groups excluding carboxylic acids is 1. The van der Waals surface area contributed by atoms with Gasteiger partial charge in [0.2, 0.25) is 0 Å². The average Bonchev–Trinajstić information content (AvgIpc) is 3.23. The van der Waals surface area contributed by atoms with Gasteiger partial charge in [0.05, 0.1) is 12.3 Å². The molecule has 8 nitrogen and oxygen atoms in total. The predicted octanol–water partition coefficient (Wildman–Crippen LogP) is 3.22. The van der Waals surface area contributed by atoms with Gasteiger partial charge in [0.1, 0.15) is 5.60 Å². The number of fused-ring (bicyclic) bond motifs is 1. The van der Waals surface area contributed by atoms with Crippen molar-refractivity contribution in [1.82, 2.24) is 24.9 Å². The van der Waals surface area contributed by atoms with Gasteiger partial charge >= 0.3 is 0 Å². The Balaban J connectivity index is 1.34. The first-order valence-corrected chi connectivity index (χ1v) is 11.6. The van der Waals surface area contributed by atoms with Crippen LogP contribution in [0.15, 0.2) is 41.2 Å². The fraction of sp³-hybridized carbons (Fsp3) is 0.500. The van der Waals surface area contributed by atoms with E-state index < -0.39 is 5.60 Å². The first-order valence-electron chi connectivity index (χ1n) is 11.6. The number of benzene rings is 1. The first kappa shape index (κ1) is 20.9. The van der Waals surface area contributed by atoms with Gasteiger partial charge in [-0.15, -0.1) is 0 Å². The molecule has 0 atom stereocenters. The van der Waals surface area contributed by atoms with Crippen LogP contribution in [0.25, 0.3) is 17.2 Å². The van der Waals surface area contributed by atoms with Gasteiger partial charge in [-0.05, 0) is 31.6 Å². The Morgan fingerprint density at radius 2 is 1.91 bits per heavy atom. The number of H-pyrrole nitrogens is 1. The van der Waals surface area contributed by atoms with Crippen LogP contribution in [0.3, 0.4) is 0 Å². The second kappa shape index (κ2) is 8.86. The van der Waals surface area contributed by atoms with E-state index in [2.05, 4.69) is 20.4 Å². The van der Waals surface area contributed by atoms with E-state index in [0.717, 1.165) is 31.4 Å². The summed E-state index contributed by atoms with van der Waals surface area (Å²) in [6.07, 6.45) is 8.08. The van der Waals surface area contributed by atoms with Gasteiger partial charge in [-0.3, -0.25) is 14.7 Å². The van der Waals surface area contributed by atoms with Crippen molar-refractivity contribution in [2.75, 3.05) is 6.54 Å². The Labute approximate surface area is 186 Å². The van der Waals surface area contributed by atoms with Gasteiger partial charge < -0.3 is 10.1 Å². The molecular formula is C24H29N5O3. The van der Waals surface area contributed by atoms with Crippen LogP contribution in [0.1, 0.15) is 57.1 Å². The number of carbonyl (C=O) groups is 1. The Morgan fingerprint density at radius 1 is 1.12 bits per heavy atom. The molecule has 168 valence electrons. The summed E-state index contributed by atoms with van der Waals surface area (Å²) < 4.78 is 7.56. The van der Waals surface area contributed by atoms with E-state index in [9.17, 15) is 9.59 Å². The Morgan fingerprint density at radius 3 is 2.62 bits per heavy atom. The number of amides is 1. The largest absolute Gasteiger partial charge is 0.359 e. The van der Waals surface area contributed by atoms with Crippen LogP contribution in [0.2, 0.25) is 0 Å². The number of hydrogen-bond donors (Lipinski definition) is 2. The molecule has 0 bridgehead atoms. The summed E-state index contributed by atoms with van der Waals surface area (Å²) in [5, 5.41) is 6.13. The number of hydrogen-bond acceptors (Lipinski definition) is 5. The van der Waals surface area contributed by atoms with Crippen molar-refractivity contribution in [1.29, 1.82) is 0 Å². The summed E-state index contributed by atoms with van der Waals surface area (Å²) in [7, 11) is 0. The Hall–Kier alpha value is -3.00. The minimum Gasteiger partial charge on any atom is -0.359 e. The monoisotopic (exact) mass is 435 g/mol. The van der Waals surface area contributed by atoms with Gasteiger partial charge in [0, 0.05) is 18.2 Å². The highest BCUT2D eigenvalue weighted by atomic mass is 16.5. The van der Waals surface area contributed by atoms with Gasteiger partial charge in [-0.2, -0.15) is 9.50 Å². The number of nitrogens with zero attached hydrogens (tertiary/aromatic N) is 3. The van der Waals surface area contributed by atoms with E-state index >= 15 is 0 Å². The van der Waals surface area contributed by atoms with Crippen LogP contribution in [0.4, 0.5) is 0 Å². The predicted molar refractivity (Wildman–Crippen MR) is 120 cm³/mol. The molecule has 0 saturated heterocycles. The molecule has 2 aliphatic carbocycles. The number of aromatic amines is 1. The summed E-state index contributed by atoms with van der Waals surface area (Å²) in [6.45, 7) is 0.834. The zero-order valence-electron chi connectivity index (χ0n) is 18.2. The molecule has 1 aromatic carbocycles. The second-order valence-electron chi connectivity index (χ2n) is 9.01. The van der Waals surface area contributed by atoms with Crippen molar-refractivity contribution in [3.05, 3.63) is 52.4 Å². The summed E-state index contributed by atoms with van der Waals surface area (Å²) >= 11 is 0. The molecule has 0 unspecified atom stereocenters. The smallest absolute Gasteiger partial charge is 0.274 e. The van der Waals surface area contributed by atoms with Crippen molar-refractivity contribution in [3.63, 3.8) is 0 Å². The lowest BCUT2D eigenvalue weighted by Gasteiger charge is -2.36. The third kappa shape index (κ3) is 4.19. The maximum atomic E-state index is 13.1. The summed E-state index contributed by atoms with van der Waals surface area (Å²) in [4.78, 5) is 34.7. The van der Waals surface area contributed by atoms with E-state index in [1.807, 2.05) is 30.3 Å². The van der Waals surface area contributed by atoms with Crippen LogP contribution in [-0.2, 0) is 16.1 Å². The maximum absolute atomic E-state index is 13.1. The number of aromatic nitrogens is 4. The molecule has 1 amide bonds. The normalized spacial score (nSPS) is 18.4. The van der Waals surface area contributed by atoms with Crippen LogP contribution in [0.5, 0.6) is 0 Å².